The van der Waals surface area contributed by atoms with Gasteiger partial charge in [0.05, 0.1) is 34.1 Å². The molecule has 1 N–H and O–H groups in total. The first-order chi connectivity index (χ1) is 14.7. The van der Waals surface area contributed by atoms with Crippen molar-refractivity contribution in [1.29, 1.82) is 0 Å². The summed E-state index contributed by atoms with van der Waals surface area (Å²) in [4.78, 5) is -0.448. The van der Waals surface area contributed by atoms with Gasteiger partial charge in [-0.15, -0.1) is 0 Å². The second-order valence-electron chi connectivity index (χ2n) is 7.92. The Balaban J connectivity index is 2.00. The highest BCUT2D eigenvalue weighted by Crippen LogP contribution is 2.43. The Hall–Kier alpha value is -1.96. The van der Waals surface area contributed by atoms with Crippen LogP contribution in [0.5, 0.6) is 0 Å². The summed E-state index contributed by atoms with van der Waals surface area (Å²) in [6.45, 7) is 1.03. The van der Waals surface area contributed by atoms with E-state index in [2.05, 4.69) is 5.10 Å². The predicted molar refractivity (Wildman–Crippen MR) is 107 cm³/mol. The van der Waals surface area contributed by atoms with Crippen LogP contribution < -0.4 is 0 Å². The number of aliphatic hydroxyl groups is 1. The molecule has 3 rings (SSSR count). The van der Waals surface area contributed by atoms with Gasteiger partial charge < -0.3 is 9.84 Å². The number of aromatic nitrogens is 2. The standard InChI is InChI=1S/C19H23F3N2O6S2/c1-18(32(28,29)14-5-3-4-13(10-14)19(20,21)22)6-9-30-16(12-18)15-11-17(31(2,26)27)23-24(15)7-8-25/h3-5,10-11,16,25H,6-9,12H2,1-2H3. The van der Waals surface area contributed by atoms with E-state index in [1.165, 1.54) is 17.7 Å². The van der Waals surface area contributed by atoms with Crippen molar-refractivity contribution in [1.82, 2.24) is 9.78 Å². The molecule has 1 aromatic heterocycles. The number of hydrogen-bond donors (Lipinski definition) is 1. The number of rotatable bonds is 6. The quantitative estimate of drug-likeness (QED) is 0.653. The molecule has 1 aromatic carbocycles. The van der Waals surface area contributed by atoms with E-state index in [-0.39, 0.29) is 43.3 Å². The molecule has 1 aliphatic heterocycles. The van der Waals surface area contributed by atoms with E-state index in [1.54, 1.807) is 0 Å². The highest BCUT2D eigenvalue weighted by Gasteiger charge is 2.46. The maximum Gasteiger partial charge on any atom is 0.416 e. The van der Waals surface area contributed by atoms with E-state index in [0.717, 1.165) is 24.5 Å². The van der Waals surface area contributed by atoms with Gasteiger partial charge in [-0.25, -0.2) is 16.8 Å². The topological polar surface area (TPSA) is 116 Å². The lowest BCUT2D eigenvalue weighted by Crippen LogP contribution is -2.42. The largest absolute Gasteiger partial charge is 0.416 e. The molecule has 0 saturated carbocycles. The van der Waals surface area contributed by atoms with Gasteiger partial charge in [-0.05, 0) is 38.0 Å². The van der Waals surface area contributed by atoms with Gasteiger partial charge in [-0.1, -0.05) is 6.07 Å². The number of sulfone groups is 2. The third kappa shape index (κ3) is 4.70. The van der Waals surface area contributed by atoms with Gasteiger partial charge in [0.15, 0.2) is 24.7 Å². The summed E-state index contributed by atoms with van der Waals surface area (Å²) >= 11 is 0. The van der Waals surface area contributed by atoms with Crippen LogP contribution >= 0.6 is 0 Å². The van der Waals surface area contributed by atoms with E-state index < -0.39 is 47.2 Å². The van der Waals surface area contributed by atoms with Crippen LogP contribution in [0.15, 0.2) is 40.3 Å². The second kappa shape index (κ2) is 8.43. The molecular weight excluding hydrogens is 473 g/mol. The molecule has 8 nitrogen and oxygen atoms in total. The Morgan fingerprint density at radius 1 is 1.25 bits per heavy atom. The predicted octanol–water partition coefficient (Wildman–Crippen LogP) is 2.38. The molecule has 178 valence electrons. The number of aliphatic hydroxyl groups excluding tert-OH is 1. The van der Waals surface area contributed by atoms with Crippen LogP contribution in [0.2, 0.25) is 0 Å². The maximum absolute atomic E-state index is 13.4. The lowest BCUT2D eigenvalue weighted by atomic mass is 9.95. The zero-order chi connectivity index (χ0) is 23.9. The molecule has 1 saturated heterocycles. The van der Waals surface area contributed by atoms with E-state index in [9.17, 15) is 35.1 Å². The van der Waals surface area contributed by atoms with Gasteiger partial charge in [-0.2, -0.15) is 18.3 Å². The van der Waals surface area contributed by atoms with Crippen LogP contribution in [0.25, 0.3) is 0 Å². The summed E-state index contributed by atoms with van der Waals surface area (Å²) in [5.41, 5.74) is -0.797. The molecule has 2 unspecified atom stereocenters. The lowest BCUT2D eigenvalue weighted by molar-refractivity contribution is -0.137. The lowest BCUT2D eigenvalue weighted by Gasteiger charge is -2.37. The molecule has 13 heteroatoms. The molecule has 0 spiro atoms. The molecule has 1 aliphatic rings. The first kappa shape index (κ1) is 24.7. The van der Waals surface area contributed by atoms with Gasteiger partial charge in [0.25, 0.3) is 0 Å². The zero-order valence-corrected chi connectivity index (χ0v) is 19.0. The molecule has 2 heterocycles. The van der Waals surface area contributed by atoms with Crippen molar-refractivity contribution in [3.05, 3.63) is 41.6 Å². The Kier molecular flexibility index (Phi) is 6.50. The number of benzene rings is 1. The minimum Gasteiger partial charge on any atom is -0.394 e. The normalized spacial score (nSPS) is 22.8. The maximum atomic E-state index is 13.4. The minimum atomic E-state index is -4.69. The smallest absolute Gasteiger partial charge is 0.394 e. The third-order valence-corrected chi connectivity index (χ3v) is 9.00. The first-order valence-electron chi connectivity index (χ1n) is 9.61. The molecule has 1 fully saturated rings. The van der Waals surface area contributed by atoms with Crippen molar-refractivity contribution in [2.24, 2.45) is 0 Å². The van der Waals surface area contributed by atoms with Crippen molar-refractivity contribution in [2.75, 3.05) is 19.5 Å². The van der Waals surface area contributed by atoms with Crippen LogP contribution in [0, 0.1) is 0 Å². The highest BCUT2D eigenvalue weighted by molar-refractivity contribution is 7.92. The molecule has 2 aromatic rings. The summed E-state index contributed by atoms with van der Waals surface area (Å²) in [7, 11) is -7.88. The van der Waals surface area contributed by atoms with E-state index >= 15 is 0 Å². The molecule has 32 heavy (non-hydrogen) atoms. The van der Waals surface area contributed by atoms with Crippen molar-refractivity contribution in [2.45, 2.75) is 53.3 Å². The van der Waals surface area contributed by atoms with Gasteiger partial charge >= 0.3 is 6.18 Å². The number of nitrogens with zero attached hydrogens (tertiary/aromatic N) is 2. The second-order valence-corrected chi connectivity index (χ2v) is 12.3. The number of ether oxygens (including phenoxy) is 1. The fourth-order valence-corrected chi connectivity index (χ4v) is 6.06. The van der Waals surface area contributed by atoms with Crippen LogP contribution in [-0.4, -0.2) is 55.9 Å². The zero-order valence-electron chi connectivity index (χ0n) is 17.3. The fourth-order valence-electron chi connectivity index (χ4n) is 3.65. The summed E-state index contributed by atoms with van der Waals surface area (Å²) < 4.78 is 95.3. The van der Waals surface area contributed by atoms with E-state index in [4.69, 9.17) is 4.74 Å². The van der Waals surface area contributed by atoms with Crippen molar-refractivity contribution < 1.29 is 39.9 Å². The molecule has 0 amide bonds. The van der Waals surface area contributed by atoms with Gasteiger partial charge in [0.1, 0.15) is 6.10 Å². The van der Waals surface area contributed by atoms with Crippen LogP contribution in [-0.2, 0) is 37.1 Å². The SMILES string of the molecule is CC1(S(=O)(=O)c2cccc(C(F)(F)F)c2)CCOC(c2cc(S(C)(=O)=O)nn2CCO)C1. The summed E-state index contributed by atoms with van der Waals surface area (Å²) in [5, 5.41) is 13.0. The van der Waals surface area contributed by atoms with Crippen LogP contribution in [0.3, 0.4) is 0 Å². The Bertz CT molecular complexity index is 1210. The van der Waals surface area contributed by atoms with Crippen molar-refractivity contribution in [3.63, 3.8) is 0 Å². The summed E-state index contributed by atoms with van der Waals surface area (Å²) in [6.07, 6.45) is -4.71. The van der Waals surface area contributed by atoms with Gasteiger partial charge in [0.2, 0.25) is 0 Å². The molecule has 0 bridgehead atoms. The molecule has 0 radical (unpaired) electrons. The highest BCUT2D eigenvalue weighted by atomic mass is 32.2. The van der Waals surface area contributed by atoms with Crippen LogP contribution in [0.4, 0.5) is 13.2 Å². The van der Waals surface area contributed by atoms with Gasteiger partial charge in [0, 0.05) is 18.9 Å². The van der Waals surface area contributed by atoms with Crippen LogP contribution in [0.1, 0.15) is 37.1 Å². The number of halogens is 3. The van der Waals surface area contributed by atoms with E-state index in [1.807, 2.05) is 0 Å². The minimum absolute atomic E-state index is 0.0160. The Labute approximate surface area is 183 Å². The average Bonchev–Trinajstić information content (AvgIpc) is 3.12. The summed E-state index contributed by atoms with van der Waals surface area (Å²) in [5.74, 6) is 0. The van der Waals surface area contributed by atoms with E-state index in [0.29, 0.717) is 6.07 Å². The Morgan fingerprint density at radius 2 is 1.94 bits per heavy atom. The Morgan fingerprint density at radius 3 is 2.53 bits per heavy atom. The van der Waals surface area contributed by atoms with Crippen molar-refractivity contribution in [3.8, 4) is 0 Å². The van der Waals surface area contributed by atoms with Gasteiger partial charge in [-0.3, -0.25) is 4.68 Å². The molecular formula is C19H23F3N2O6S2. The number of hydrogen-bond acceptors (Lipinski definition) is 7. The third-order valence-electron chi connectivity index (χ3n) is 5.50. The average molecular weight is 497 g/mol. The fraction of sp³-hybridized carbons (Fsp3) is 0.526. The molecule has 0 aliphatic carbocycles. The first-order valence-corrected chi connectivity index (χ1v) is 13.0. The summed E-state index contributed by atoms with van der Waals surface area (Å²) in [6, 6.07) is 4.85. The number of alkyl halides is 3. The monoisotopic (exact) mass is 496 g/mol. The molecule has 2 atom stereocenters. The van der Waals surface area contributed by atoms with Crippen molar-refractivity contribution >= 4 is 19.7 Å².